The minimum Gasteiger partial charge on any atom is -0.374 e. The zero-order chi connectivity index (χ0) is 13.9. The fraction of sp³-hybridized carbons (Fsp3) is 1.00. The third-order valence-corrected chi connectivity index (χ3v) is 4.08. The average Bonchev–Trinajstić information content (AvgIpc) is 2.41. The van der Waals surface area contributed by atoms with Gasteiger partial charge in [0.25, 0.3) is 0 Å². The Kier molecular flexibility index (Phi) is 9.48. The van der Waals surface area contributed by atoms with Crippen LogP contribution in [-0.2, 0) is 4.74 Å². The largest absolute Gasteiger partial charge is 0.374 e. The van der Waals surface area contributed by atoms with Crippen molar-refractivity contribution in [2.45, 2.75) is 70.9 Å². The summed E-state index contributed by atoms with van der Waals surface area (Å²) >= 11 is 0. The molecule has 1 fully saturated rings. The first-order valence-electron chi connectivity index (χ1n) is 8.31. The van der Waals surface area contributed by atoms with Crippen molar-refractivity contribution in [1.29, 1.82) is 0 Å². The molecule has 114 valence electrons. The van der Waals surface area contributed by atoms with E-state index in [0.29, 0.717) is 12.1 Å². The predicted octanol–water partition coefficient (Wildman–Crippen LogP) is 3.05. The number of hydrogen-bond donors (Lipinski definition) is 1. The Hall–Kier alpha value is -0.120. The van der Waals surface area contributed by atoms with Crippen LogP contribution in [0.4, 0.5) is 0 Å². The molecule has 2 unspecified atom stereocenters. The maximum Gasteiger partial charge on any atom is 0.0855 e. The fourth-order valence-electron chi connectivity index (χ4n) is 2.88. The summed E-state index contributed by atoms with van der Waals surface area (Å²) in [6, 6.07) is 0.541. The molecule has 0 amide bonds. The lowest BCUT2D eigenvalue weighted by atomic mass is 10.0. The second kappa shape index (κ2) is 10.6. The van der Waals surface area contributed by atoms with Gasteiger partial charge in [0.05, 0.1) is 12.7 Å². The molecule has 1 rings (SSSR count). The van der Waals surface area contributed by atoms with Gasteiger partial charge in [-0.25, -0.2) is 0 Å². The lowest BCUT2D eigenvalue weighted by Crippen LogP contribution is -2.51. The Labute approximate surface area is 120 Å². The van der Waals surface area contributed by atoms with E-state index in [-0.39, 0.29) is 0 Å². The van der Waals surface area contributed by atoms with E-state index in [1.54, 1.807) is 0 Å². The zero-order valence-electron chi connectivity index (χ0n) is 13.3. The van der Waals surface area contributed by atoms with Crippen LogP contribution in [0.15, 0.2) is 0 Å². The summed E-state index contributed by atoms with van der Waals surface area (Å²) in [4.78, 5) is 2.39. The van der Waals surface area contributed by atoms with E-state index in [0.717, 1.165) is 26.2 Å². The van der Waals surface area contributed by atoms with Crippen LogP contribution < -0.4 is 5.32 Å². The highest BCUT2D eigenvalue weighted by Crippen LogP contribution is 2.15. The maximum absolute atomic E-state index is 5.95. The number of hydrogen-bond acceptors (Lipinski definition) is 3. The lowest BCUT2D eigenvalue weighted by molar-refractivity contribution is -0.0399. The molecule has 1 saturated heterocycles. The second-order valence-electron chi connectivity index (χ2n) is 5.89. The number of morpholine rings is 1. The molecule has 0 aromatic rings. The van der Waals surface area contributed by atoms with E-state index < -0.39 is 0 Å². The number of unbranched alkanes of at least 4 members (excludes halogenated alkanes) is 5. The summed E-state index contributed by atoms with van der Waals surface area (Å²) in [5, 5.41) is 3.62. The van der Waals surface area contributed by atoms with Crippen molar-refractivity contribution in [3.63, 3.8) is 0 Å². The topological polar surface area (TPSA) is 24.5 Å². The van der Waals surface area contributed by atoms with E-state index in [1.165, 1.54) is 44.9 Å². The molecule has 1 N–H and O–H groups in total. The minimum absolute atomic E-state index is 0.384. The van der Waals surface area contributed by atoms with Crippen molar-refractivity contribution in [3.05, 3.63) is 0 Å². The van der Waals surface area contributed by atoms with Gasteiger partial charge in [-0.05, 0) is 20.0 Å². The number of rotatable bonds is 10. The Balaban J connectivity index is 2.19. The van der Waals surface area contributed by atoms with Crippen molar-refractivity contribution in [3.8, 4) is 0 Å². The van der Waals surface area contributed by atoms with Gasteiger partial charge in [0.2, 0.25) is 0 Å². The van der Waals surface area contributed by atoms with Crippen LogP contribution in [0.1, 0.15) is 58.8 Å². The van der Waals surface area contributed by atoms with E-state index in [1.807, 2.05) is 0 Å². The zero-order valence-corrected chi connectivity index (χ0v) is 13.3. The Morgan fingerprint density at radius 2 is 1.89 bits per heavy atom. The van der Waals surface area contributed by atoms with Gasteiger partial charge in [-0.15, -0.1) is 0 Å². The minimum atomic E-state index is 0.384. The maximum atomic E-state index is 5.95. The van der Waals surface area contributed by atoms with E-state index >= 15 is 0 Å². The molecule has 0 bridgehead atoms. The van der Waals surface area contributed by atoms with Crippen molar-refractivity contribution in [1.82, 2.24) is 10.2 Å². The van der Waals surface area contributed by atoms with Crippen LogP contribution >= 0.6 is 0 Å². The molecule has 0 aromatic heterocycles. The number of likely N-dealkylation sites (N-methyl/N-ethyl adjacent to an activating group) is 2. The summed E-state index contributed by atoms with van der Waals surface area (Å²) in [7, 11) is 2.20. The third-order valence-electron chi connectivity index (χ3n) is 4.08. The van der Waals surface area contributed by atoms with Gasteiger partial charge >= 0.3 is 0 Å². The third kappa shape index (κ3) is 7.28. The first kappa shape index (κ1) is 16.9. The molecule has 1 heterocycles. The number of nitrogens with one attached hydrogen (secondary N) is 1. The Morgan fingerprint density at radius 1 is 1.16 bits per heavy atom. The molecule has 1 aliphatic rings. The van der Waals surface area contributed by atoms with Crippen LogP contribution in [0.25, 0.3) is 0 Å². The van der Waals surface area contributed by atoms with E-state index in [4.69, 9.17) is 4.74 Å². The van der Waals surface area contributed by atoms with Gasteiger partial charge in [-0.1, -0.05) is 52.4 Å². The summed E-state index contributed by atoms with van der Waals surface area (Å²) in [6.07, 6.45) is 9.90. The van der Waals surface area contributed by atoms with Gasteiger partial charge in [-0.3, -0.25) is 0 Å². The molecule has 0 aromatic carbocycles. The van der Waals surface area contributed by atoms with Crippen molar-refractivity contribution < 1.29 is 4.74 Å². The van der Waals surface area contributed by atoms with Crippen LogP contribution in [0, 0.1) is 0 Å². The monoisotopic (exact) mass is 270 g/mol. The Morgan fingerprint density at radius 3 is 2.58 bits per heavy atom. The second-order valence-corrected chi connectivity index (χ2v) is 5.89. The van der Waals surface area contributed by atoms with Crippen LogP contribution in [-0.4, -0.2) is 50.3 Å². The van der Waals surface area contributed by atoms with Crippen LogP contribution in [0.3, 0.4) is 0 Å². The normalized spacial score (nSPS) is 22.6. The quantitative estimate of drug-likeness (QED) is 0.618. The smallest absolute Gasteiger partial charge is 0.0855 e. The number of ether oxygens (including phenoxy) is 1. The highest BCUT2D eigenvalue weighted by Gasteiger charge is 2.25. The highest BCUT2D eigenvalue weighted by molar-refractivity contribution is 4.81. The molecule has 3 nitrogen and oxygen atoms in total. The van der Waals surface area contributed by atoms with Gasteiger partial charge in [0.15, 0.2) is 0 Å². The summed E-state index contributed by atoms with van der Waals surface area (Å²) < 4.78 is 5.95. The standard InChI is InChI=1S/C16H34N2O/c1-4-6-7-8-9-10-11-15(17-5-2)16-14-18(3)12-13-19-16/h15-17H,4-14H2,1-3H3. The molecule has 3 heteroatoms. The van der Waals surface area contributed by atoms with Gasteiger partial charge < -0.3 is 15.0 Å². The van der Waals surface area contributed by atoms with E-state index in [2.05, 4.69) is 31.1 Å². The average molecular weight is 270 g/mol. The first-order valence-corrected chi connectivity index (χ1v) is 8.31. The molecular formula is C16H34N2O. The van der Waals surface area contributed by atoms with Gasteiger partial charge in [0, 0.05) is 19.1 Å². The predicted molar refractivity (Wildman–Crippen MR) is 82.7 cm³/mol. The van der Waals surface area contributed by atoms with Gasteiger partial charge in [0.1, 0.15) is 0 Å². The molecule has 0 radical (unpaired) electrons. The molecule has 0 spiro atoms. The molecule has 2 atom stereocenters. The first-order chi connectivity index (χ1) is 9.27. The van der Waals surface area contributed by atoms with Gasteiger partial charge in [-0.2, -0.15) is 0 Å². The molecule has 1 aliphatic heterocycles. The van der Waals surface area contributed by atoms with Crippen molar-refractivity contribution in [2.75, 3.05) is 33.3 Å². The fourth-order valence-corrected chi connectivity index (χ4v) is 2.88. The molecular weight excluding hydrogens is 236 g/mol. The molecule has 0 aliphatic carbocycles. The SMILES string of the molecule is CCCCCCCCC(NCC)C1CN(C)CCO1. The van der Waals surface area contributed by atoms with Crippen molar-refractivity contribution >= 4 is 0 Å². The molecule has 0 saturated carbocycles. The summed E-state index contributed by atoms with van der Waals surface area (Å²) in [5.41, 5.74) is 0. The summed E-state index contributed by atoms with van der Waals surface area (Å²) in [5.74, 6) is 0. The number of nitrogens with zero attached hydrogens (tertiary/aromatic N) is 1. The van der Waals surface area contributed by atoms with E-state index in [9.17, 15) is 0 Å². The highest BCUT2D eigenvalue weighted by atomic mass is 16.5. The lowest BCUT2D eigenvalue weighted by Gasteiger charge is -2.35. The molecule has 19 heavy (non-hydrogen) atoms. The van der Waals surface area contributed by atoms with Crippen LogP contribution in [0.2, 0.25) is 0 Å². The van der Waals surface area contributed by atoms with Crippen molar-refractivity contribution in [2.24, 2.45) is 0 Å². The van der Waals surface area contributed by atoms with Crippen LogP contribution in [0.5, 0.6) is 0 Å². The summed E-state index contributed by atoms with van der Waals surface area (Å²) in [6.45, 7) is 8.56. The Bertz CT molecular complexity index is 211.